The summed E-state index contributed by atoms with van der Waals surface area (Å²) in [4.78, 5) is 25.2. The highest BCUT2D eigenvalue weighted by molar-refractivity contribution is 5.76. The average molecular weight is 294 g/mol. The summed E-state index contributed by atoms with van der Waals surface area (Å²) in [5, 5.41) is 11.9. The Morgan fingerprint density at radius 1 is 1.10 bits per heavy atom. The summed E-state index contributed by atoms with van der Waals surface area (Å²) < 4.78 is 0. The average Bonchev–Trinajstić information content (AvgIpc) is 2.32. The molecule has 2 amide bonds. The predicted molar refractivity (Wildman–Crippen MR) is 78.9 cm³/mol. The molecule has 21 heavy (non-hydrogen) atoms. The Hall–Kier alpha value is -1.26. The zero-order chi connectivity index (χ0) is 15.0. The van der Waals surface area contributed by atoms with E-state index < -0.39 is 5.97 Å². The van der Waals surface area contributed by atoms with Gasteiger partial charge in [0, 0.05) is 18.6 Å². The van der Waals surface area contributed by atoms with Gasteiger partial charge in [-0.3, -0.25) is 4.79 Å². The molecule has 118 valence electrons. The summed E-state index contributed by atoms with van der Waals surface area (Å²) >= 11 is 0. The van der Waals surface area contributed by atoms with Crippen molar-refractivity contribution in [1.82, 2.24) is 10.2 Å². The molecule has 2 unspecified atom stereocenters. The highest BCUT2D eigenvalue weighted by Gasteiger charge is 2.39. The quantitative estimate of drug-likeness (QED) is 0.840. The number of hydrogen-bond donors (Lipinski definition) is 2. The molecule has 0 aromatic carbocycles. The lowest BCUT2D eigenvalue weighted by molar-refractivity contribution is -0.145. The van der Waals surface area contributed by atoms with Gasteiger partial charge in [-0.2, -0.15) is 0 Å². The molecule has 2 atom stereocenters. The topological polar surface area (TPSA) is 69.6 Å². The second-order valence-corrected chi connectivity index (χ2v) is 7.18. The number of likely N-dealkylation sites (tertiary alicyclic amines) is 1. The first-order valence-corrected chi connectivity index (χ1v) is 8.34. The van der Waals surface area contributed by atoms with Gasteiger partial charge < -0.3 is 15.3 Å². The summed E-state index contributed by atoms with van der Waals surface area (Å²) in [6.45, 7) is 3.00. The minimum Gasteiger partial charge on any atom is -0.481 e. The van der Waals surface area contributed by atoms with Crippen LogP contribution in [0.4, 0.5) is 4.79 Å². The molecule has 5 heteroatoms. The third kappa shape index (κ3) is 3.01. The van der Waals surface area contributed by atoms with E-state index in [4.69, 9.17) is 5.11 Å². The van der Waals surface area contributed by atoms with Crippen LogP contribution in [0.1, 0.15) is 51.9 Å². The standard InChI is InChI=1S/C16H26N2O3/c1-10-5-6-12(11-3-2-4-11)9-18(10)16(21)17-14-7-13(8-14)15(19)20/h10-14H,2-9H2,1H3,(H,17,21)(H,19,20). The van der Waals surface area contributed by atoms with Crippen LogP contribution in [0.15, 0.2) is 0 Å². The SMILES string of the molecule is CC1CCC(C2CCC2)CN1C(=O)NC1CC(C(=O)O)C1. The van der Waals surface area contributed by atoms with Gasteiger partial charge in [0.05, 0.1) is 5.92 Å². The third-order valence-electron chi connectivity index (χ3n) is 5.81. The summed E-state index contributed by atoms with van der Waals surface area (Å²) in [5.41, 5.74) is 0. The lowest BCUT2D eigenvalue weighted by Gasteiger charge is -2.44. The van der Waals surface area contributed by atoms with Crippen molar-refractivity contribution in [3.63, 3.8) is 0 Å². The number of carbonyl (C=O) groups is 2. The van der Waals surface area contributed by atoms with Gasteiger partial charge in [0.2, 0.25) is 0 Å². The van der Waals surface area contributed by atoms with Crippen LogP contribution in [0, 0.1) is 17.8 Å². The number of carboxylic acid groups (broad SMARTS) is 1. The number of rotatable bonds is 3. The molecule has 1 aliphatic heterocycles. The molecule has 2 N–H and O–H groups in total. The van der Waals surface area contributed by atoms with E-state index >= 15 is 0 Å². The number of nitrogens with one attached hydrogen (secondary N) is 1. The molecule has 0 radical (unpaired) electrons. The molecule has 3 aliphatic rings. The second kappa shape index (κ2) is 5.85. The minimum atomic E-state index is -0.739. The molecular weight excluding hydrogens is 268 g/mol. The zero-order valence-electron chi connectivity index (χ0n) is 12.8. The van der Waals surface area contributed by atoms with Gasteiger partial charge in [0.15, 0.2) is 0 Å². The summed E-state index contributed by atoms with van der Waals surface area (Å²) in [6.07, 6.45) is 7.51. The number of urea groups is 1. The molecule has 0 aromatic heterocycles. The molecular formula is C16H26N2O3. The lowest BCUT2D eigenvalue weighted by Crippen LogP contribution is -2.56. The van der Waals surface area contributed by atoms with Crippen molar-refractivity contribution in [2.24, 2.45) is 17.8 Å². The van der Waals surface area contributed by atoms with Crippen molar-refractivity contribution in [3.05, 3.63) is 0 Å². The summed E-state index contributed by atoms with van der Waals surface area (Å²) in [5.74, 6) is 0.496. The molecule has 0 spiro atoms. The molecule has 2 saturated carbocycles. The Morgan fingerprint density at radius 2 is 1.81 bits per heavy atom. The Labute approximate surface area is 126 Å². The predicted octanol–water partition coefficient (Wildman–Crippen LogP) is 2.46. The van der Waals surface area contributed by atoms with Crippen LogP contribution in [0.2, 0.25) is 0 Å². The number of aliphatic carboxylic acids is 1. The molecule has 2 aliphatic carbocycles. The fourth-order valence-corrected chi connectivity index (χ4v) is 3.91. The van der Waals surface area contributed by atoms with Crippen molar-refractivity contribution in [3.8, 4) is 0 Å². The Kier molecular flexibility index (Phi) is 4.09. The van der Waals surface area contributed by atoms with Crippen LogP contribution in [0.3, 0.4) is 0 Å². The third-order valence-corrected chi connectivity index (χ3v) is 5.81. The molecule has 1 saturated heterocycles. The summed E-state index contributed by atoms with van der Waals surface area (Å²) in [6, 6.07) is 0.368. The van der Waals surface area contributed by atoms with Gasteiger partial charge in [0.1, 0.15) is 0 Å². The van der Waals surface area contributed by atoms with Crippen LogP contribution in [0.5, 0.6) is 0 Å². The first-order valence-electron chi connectivity index (χ1n) is 8.34. The van der Waals surface area contributed by atoms with Crippen LogP contribution >= 0.6 is 0 Å². The Balaban J connectivity index is 1.49. The van der Waals surface area contributed by atoms with Gasteiger partial charge in [-0.1, -0.05) is 19.3 Å². The van der Waals surface area contributed by atoms with E-state index in [0.29, 0.717) is 24.8 Å². The van der Waals surface area contributed by atoms with E-state index in [0.717, 1.165) is 18.9 Å². The van der Waals surface area contributed by atoms with Crippen LogP contribution in [-0.2, 0) is 4.79 Å². The Bertz CT molecular complexity index is 416. The maximum absolute atomic E-state index is 12.4. The van der Waals surface area contributed by atoms with Crippen LogP contribution < -0.4 is 5.32 Å². The molecule has 5 nitrogen and oxygen atoms in total. The minimum absolute atomic E-state index is 0.0142. The second-order valence-electron chi connectivity index (χ2n) is 7.18. The lowest BCUT2D eigenvalue weighted by atomic mass is 9.72. The van der Waals surface area contributed by atoms with Crippen molar-refractivity contribution in [2.45, 2.75) is 64.0 Å². The van der Waals surface area contributed by atoms with E-state index in [2.05, 4.69) is 12.2 Å². The largest absolute Gasteiger partial charge is 0.481 e. The number of piperidine rings is 1. The highest BCUT2D eigenvalue weighted by atomic mass is 16.4. The van der Waals surface area contributed by atoms with Gasteiger partial charge in [-0.25, -0.2) is 4.79 Å². The van der Waals surface area contributed by atoms with E-state index in [1.165, 1.54) is 25.7 Å². The molecule has 3 rings (SSSR count). The number of carboxylic acids is 1. The van der Waals surface area contributed by atoms with Gasteiger partial charge >= 0.3 is 12.0 Å². The van der Waals surface area contributed by atoms with E-state index in [1.807, 2.05) is 4.90 Å². The maximum Gasteiger partial charge on any atom is 0.317 e. The molecule has 3 fully saturated rings. The fourth-order valence-electron chi connectivity index (χ4n) is 3.91. The molecule has 0 aromatic rings. The number of carbonyl (C=O) groups excluding carboxylic acids is 1. The summed E-state index contributed by atoms with van der Waals surface area (Å²) in [7, 11) is 0. The number of hydrogen-bond acceptors (Lipinski definition) is 2. The number of nitrogens with zero attached hydrogens (tertiary/aromatic N) is 1. The normalized spacial score (nSPS) is 36.5. The van der Waals surface area contributed by atoms with Gasteiger partial charge in [-0.15, -0.1) is 0 Å². The van der Waals surface area contributed by atoms with Crippen molar-refractivity contribution < 1.29 is 14.7 Å². The smallest absolute Gasteiger partial charge is 0.317 e. The van der Waals surface area contributed by atoms with E-state index in [1.54, 1.807) is 0 Å². The van der Waals surface area contributed by atoms with E-state index in [9.17, 15) is 9.59 Å². The van der Waals surface area contributed by atoms with Crippen molar-refractivity contribution in [1.29, 1.82) is 0 Å². The van der Waals surface area contributed by atoms with Gasteiger partial charge in [-0.05, 0) is 44.4 Å². The highest BCUT2D eigenvalue weighted by Crippen LogP contribution is 2.39. The number of amides is 2. The fraction of sp³-hybridized carbons (Fsp3) is 0.875. The van der Waals surface area contributed by atoms with Gasteiger partial charge in [0.25, 0.3) is 0 Å². The Morgan fingerprint density at radius 3 is 2.38 bits per heavy atom. The first kappa shape index (κ1) is 14.7. The zero-order valence-corrected chi connectivity index (χ0v) is 12.8. The van der Waals surface area contributed by atoms with Crippen LogP contribution in [0.25, 0.3) is 0 Å². The van der Waals surface area contributed by atoms with Crippen molar-refractivity contribution in [2.75, 3.05) is 6.54 Å². The van der Waals surface area contributed by atoms with Crippen molar-refractivity contribution >= 4 is 12.0 Å². The molecule has 1 heterocycles. The van der Waals surface area contributed by atoms with E-state index in [-0.39, 0.29) is 18.0 Å². The monoisotopic (exact) mass is 294 g/mol. The molecule has 0 bridgehead atoms. The maximum atomic E-state index is 12.4. The van der Waals surface area contributed by atoms with Crippen LogP contribution in [-0.4, -0.2) is 40.6 Å². The first-order chi connectivity index (χ1) is 10.0.